The number of imidazole rings is 1. The second-order valence-electron chi connectivity index (χ2n) is 8.62. The van der Waals surface area contributed by atoms with Crippen molar-refractivity contribution in [2.45, 2.75) is 70.9 Å². The van der Waals surface area contributed by atoms with Gasteiger partial charge in [-0.05, 0) is 32.0 Å². The van der Waals surface area contributed by atoms with Gasteiger partial charge in [0.05, 0.1) is 12.9 Å². The van der Waals surface area contributed by atoms with E-state index in [0.29, 0.717) is 22.9 Å². The molecule has 2 atom stereocenters. The van der Waals surface area contributed by atoms with Gasteiger partial charge in [-0.2, -0.15) is 0 Å². The topological polar surface area (TPSA) is 71.3 Å². The highest BCUT2D eigenvalue weighted by Crippen LogP contribution is 2.41. The highest BCUT2D eigenvalue weighted by molar-refractivity contribution is 6.74. The molecule has 7 nitrogen and oxygen atoms in total. The summed E-state index contributed by atoms with van der Waals surface area (Å²) < 4.78 is 20.5. The SMILES string of the molecule is CC1(C)OC[C@H]([C@@H](O[Si](C)(C)C(C)(C)C)n2cnc3c(Cl)ncnc32)O1. The Kier molecular flexibility index (Phi) is 4.94. The van der Waals surface area contributed by atoms with Crippen LogP contribution in [0.15, 0.2) is 12.7 Å². The minimum absolute atomic E-state index is 0.0449. The summed E-state index contributed by atoms with van der Waals surface area (Å²) in [6, 6.07) is 0. The van der Waals surface area contributed by atoms with Gasteiger partial charge in [-0.3, -0.25) is 4.57 Å². The van der Waals surface area contributed by atoms with Crippen molar-refractivity contribution in [3.8, 4) is 0 Å². The molecular formula is C17H27ClN4O3Si. The molecule has 0 radical (unpaired) electrons. The lowest BCUT2D eigenvalue weighted by molar-refractivity contribution is -0.156. The van der Waals surface area contributed by atoms with Crippen molar-refractivity contribution in [3.05, 3.63) is 17.8 Å². The number of hydrogen-bond donors (Lipinski definition) is 0. The van der Waals surface area contributed by atoms with Crippen molar-refractivity contribution in [1.29, 1.82) is 0 Å². The highest BCUT2D eigenvalue weighted by Gasteiger charge is 2.45. The average Bonchev–Trinajstić information content (AvgIpc) is 3.08. The summed E-state index contributed by atoms with van der Waals surface area (Å²) in [4.78, 5) is 12.8. The van der Waals surface area contributed by atoms with Crippen LogP contribution in [0.3, 0.4) is 0 Å². The molecule has 0 aromatic carbocycles. The maximum Gasteiger partial charge on any atom is 0.194 e. The van der Waals surface area contributed by atoms with Gasteiger partial charge in [-0.25, -0.2) is 15.0 Å². The normalized spacial score (nSPS) is 22.1. The van der Waals surface area contributed by atoms with E-state index in [1.165, 1.54) is 6.33 Å². The molecule has 26 heavy (non-hydrogen) atoms. The van der Waals surface area contributed by atoms with Gasteiger partial charge in [0.25, 0.3) is 0 Å². The standard InChI is InChI=1S/C17H27ClN4O3Si/c1-16(2,3)26(6,7)25-15(11-8-23-17(4,5)24-11)22-10-21-12-13(18)19-9-20-14(12)22/h9-11,15H,8H2,1-7H3/t11-,15-/m1/s1. The minimum Gasteiger partial charge on any atom is -0.395 e. The van der Waals surface area contributed by atoms with E-state index in [-0.39, 0.29) is 11.1 Å². The molecule has 0 aliphatic carbocycles. The van der Waals surface area contributed by atoms with Crippen LogP contribution < -0.4 is 0 Å². The minimum atomic E-state index is -2.10. The lowest BCUT2D eigenvalue weighted by atomic mass is 10.2. The molecule has 144 valence electrons. The van der Waals surface area contributed by atoms with Gasteiger partial charge in [0.15, 0.2) is 31.1 Å². The van der Waals surface area contributed by atoms with Gasteiger partial charge in [0, 0.05) is 0 Å². The first-order valence-electron chi connectivity index (χ1n) is 8.74. The lowest BCUT2D eigenvalue weighted by Crippen LogP contribution is -2.46. The summed E-state index contributed by atoms with van der Waals surface area (Å²) in [5.41, 5.74) is 1.18. The number of halogens is 1. The zero-order valence-corrected chi connectivity index (χ0v) is 18.2. The predicted octanol–water partition coefficient (Wildman–Crippen LogP) is 4.15. The summed E-state index contributed by atoms with van der Waals surface area (Å²) in [5.74, 6) is -0.650. The van der Waals surface area contributed by atoms with Crippen LogP contribution in [0.1, 0.15) is 40.8 Å². The number of hydrogen-bond acceptors (Lipinski definition) is 6. The molecule has 0 bridgehead atoms. The Balaban J connectivity index is 2.04. The second-order valence-corrected chi connectivity index (χ2v) is 13.7. The molecule has 1 saturated heterocycles. The van der Waals surface area contributed by atoms with Gasteiger partial charge in [-0.15, -0.1) is 0 Å². The van der Waals surface area contributed by atoms with Gasteiger partial charge in [0.2, 0.25) is 0 Å². The predicted molar refractivity (Wildman–Crippen MR) is 103 cm³/mol. The molecule has 2 aromatic rings. The summed E-state index contributed by atoms with van der Waals surface area (Å²) in [7, 11) is -2.10. The molecule has 0 unspecified atom stereocenters. The van der Waals surface area contributed by atoms with Crippen molar-refractivity contribution < 1.29 is 13.9 Å². The lowest BCUT2D eigenvalue weighted by Gasteiger charge is -2.40. The van der Waals surface area contributed by atoms with E-state index in [4.69, 9.17) is 25.5 Å². The van der Waals surface area contributed by atoms with E-state index < -0.39 is 20.3 Å². The van der Waals surface area contributed by atoms with E-state index in [0.717, 1.165) is 0 Å². The second kappa shape index (κ2) is 6.52. The smallest absolute Gasteiger partial charge is 0.194 e. The van der Waals surface area contributed by atoms with Crippen LogP contribution in [0.25, 0.3) is 11.2 Å². The average molecular weight is 399 g/mol. The number of aromatic nitrogens is 4. The number of ether oxygens (including phenoxy) is 2. The Morgan fingerprint density at radius 3 is 2.58 bits per heavy atom. The zero-order valence-electron chi connectivity index (χ0n) is 16.4. The van der Waals surface area contributed by atoms with E-state index in [9.17, 15) is 0 Å². The Bertz CT molecular complexity index is 803. The van der Waals surface area contributed by atoms with E-state index >= 15 is 0 Å². The summed E-state index contributed by atoms with van der Waals surface area (Å²) in [6.07, 6.45) is 2.44. The molecule has 0 amide bonds. The van der Waals surface area contributed by atoms with Crippen molar-refractivity contribution in [3.63, 3.8) is 0 Å². The summed E-state index contributed by atoms with van der Waals surface area (Å²) in [5, 5.41) is 0.368. The number of rotatable bonds is 4. The van der Waals surface area contributed by atoms with E-state index in [1.54, 1.807) is 6.33 Å². The molecule has 1 aliphatic rings. The number of fused-ring (bicyclic) bond motifs is 1. The van der Waals surface area contributed by atoms with Gasteiger partial charge < -0.3 is 13.9 Å². The van der Waals surface area contributed by atoms with Gasteiger partial charge in [0.1, 0.15) is 17.9 Å². The fraction of sp³-hybridized carbons (Fsp3) is 0.706. The molecule has 0 N–H and O–H groups in total. The van der Waals surface area contributed by atoms with Gasteiger partial charge in [-0.1, -0.05) is 32.4 Å². The van der Waals surface area contributed by atoms with E-state index in [2.05, 4.69) is 48.8 Å². The van der Waals surface area contributed by atoms with Gasteiger partial charge >= 0.3 is 0 Å². The Hall–Kier alpha value is -1.06. The molecule has 0 saturated carbocycles. The van der Waals surface area contributed by atoms with Crippen LogP contribution in [0.4, 0.5) is 0 Å². The fourth-order valence-electron chi connectivity index (χ4n) is 2.66. The molecule has 3 rings (SSSR count). The van der Waals surface area contributed by atoms with Crippen molar-refractivity contribution in [2.75, 3.05) is 6.61 Å². The molecule has 1 fully saturated rings. The quantitative estimate of drug-likeness (QED) is 0.569. The number of nitrogens with zero attached hydrogens (tertiary/aromatic N) is 4. The molecule has 2 aromatic heterocycles. The first kappa shape index (κ1) is 19.7. The molecular weight excluding hydrogens is 372 g/mol. The van der Waals surface area contributed by atoms with Crippen LogP contribution in [0, 0.1) is 0 Å². The molecule has 9 heteroatoms. The fourth-order valence-corrected chi connectivity index (χ4v) is 4.06. The monoisotopic (exact) mass is 398 g/mol. The third kappa shape index (κ3) is 3.66. The third-order valence-electron chi connectivity index (χ3n) is 5.16. The molecule has 3 heterocycles. The summed E-state index contributed by atoms with van der Waals surface area (Å²) in [6.45, 7) is 15.3. The maximum absolute atomic E-state index is 6.73. The molecule has 1 aliphatic heterocycles. The first-order chi connectivity index (χ1) is 11.9. The zero-order chi connectivity index (χ0) is 19.3. The Morgan fingerprint density at radius 2 is 2.00 bits per heavy atom. The Morgan fingerprint density at radius 1 is 1.31 bits per heavy atom. The third-order valence-corrected chi connectivity index (χ3v) is 9.88. The molecule has 0 spiro atoms. The first-order valence-corrected chi connectivity index (χ1v) is 12.0. The summed E-state index contributed by atoms with van der Waals surface area (Å²) >= 11 is 6.17. The van der Waals surface area contributed by atoms with Crippen molar-refractivity contribution in [2.24, 2.45) is 0 Å². The van der Waals surface area contributed by atoms with Crippen molar-refractivity contribution >= 4 is 31.1 Å². The van der Waals surface area contributed by atoms with Crippen LogP contribution >= 0.6 is 11.6 Å². The van der Waals surface area contributed by atoms with Crippen LogP contribution in [0.5, 0.6) is 0 Å². The Labute approximate surface area is 160 Å². The largest absolute Gasteiger partial charge is 0.395 e. The van der Waals surface area contributed by atoms with E-state index in [1.807, 2.05) is 18.4 Å². The van der Waals surface area contributed by atoms with Crippen LogP contribution in [-0.2, 0) is 13.9 Å². The van der Waals surface area contributed by atoms with Crippen LogP contribution in [-0.4, -0.2) is 46.3 Å². The maximum atomic E-state index is 6.73. The van der Waals surface area contributed by atoms with Crippen LogP contribution in [0.2, 0.25) is 23.3 Å². The van der Waals surface area contributed by atoms with Crippen molar-refractivity contribution in [1.82, 2.24) is 19.5 Å². The highest BCUT2D eigenvalue weighted by atomic mass is 35.5.